The minimum atomic E-state index is -0.681. The number of aliphatic hydroxyl groups excluding tert-OH is 2. The fourth-order valence-electron chi connectivity index (χ4n) is 1.41. The fraction of sp³-hybridized carbons (Fsp3) is 0.500. The Morgan fingerprint density at radius 1 is 1.38 bits per heavy atom. The smallest absolute Gasteiger partial charge is 0.123 e. The molecule has 0 fully saturated rings. The van der Waals surface area contributed by atoms with Gasteiger partial charge in [0.2, 0.25) is 0 Å². The summed E-state index contributed by atoms with van der Waals surface area (Å²) in [5, 5.41) is 18.6. The molecule has 90 valence electrons. The summed E-state index contributed by atoms with van der Waals surface area (Å²) < 4.78 is 13.0. The summed E-state index contributed by atoms with van der Waals surface area (Å²) in [5.74, 6) is -0.338. The van der Waals surface area contributed by atoms with Crippen molar-refractivity contribution < 1.29 is 14.6 Å². The highest BCUT2D eigenvalue weighted by Crippen LogP contribution is 2.32. The van der Waals surface area contributed by atoms with E-state index in [1.807, 2.05) is 6.92 Å². The number of benzene rings is 1. The normalized spacial score (nSPS) is 14.8. The summed E-state index contributed by atoms with van der Waals surface area (Å²) in [6, 6.07) is 4.43. The third-order valence-electron chi connectivity index (χ3n) is 2.29. The molecule has 2 atom stereocenters. The standard InChI is InChI=1S/C12H17FO2S/c1-8(5-6-14)16-12-4-3-10(13)7-11(12)9(2)15/h3-4,7-9,14-15H,5-6H2,1-2H3/t8?,9-/m0/s1. The average Bonchev–Trinajstić information content (AvgIpc) is 2.20. The zero-order valence-electron chi connectivity index (χ0n) is 9.48. The van der Waals surface area contributed by atoms with Crippen LogP contribution in [0.4, 0.5) is 4.39 Å². The zero-order chi connectivity index (χ0) is 12.1. The lowest BCUT2D eigenvalue weighted by Gasteiger charge is -2.15. The Morgan fingerprint density at radius 2 is 2.06 bits per heavy atom. The molecule has 0 radical (unpaired) electrons. The van der Waals surface area contributed by atoms with Crippen molar-refractivity contribution in [2.45, 2.75) is 36.5 Å². The number of hydrogen-bond donors (Lipinski definition) is 2. The van der Waals surface area contributed by atoms with Crippen LogP contribution in [0.1, 0.15) is 31.9 Å². The number of aliphatic hydroxyl groups is 2. The van der Waals surface area contributed by atoms with E-state index in [1.165, 1.54) is 12.1 Å². The van der Waals surface area contributed by atoms with Gasteiger partial charge in [-0.2, -0.15) is 0 Å². The summed E-state index contributed by atoms with van der Waals surface area (Å²) >= 11 is 1.55. The van der Waals surface area contributed by atoms with Gasteiger partial charge in [-0.3, -0.25) is 0 Å². The summed E-state index contributed by atoms with van der Waals surface area (Å²) in [7, 11) is 0. The molecule has 0 aliphatic carbocycles. The molecule has 1 unspecified atom stereocenters. The first-order valence-corrected chi connectivity index (χ1v) is 6.17. The summed E-state index contributed by atoms with van der Waals surface area (Å²) in [6.07, 6.45) is 0.000844. The largest absolute Gasteiger partial charge is 0.396 e. The Kier molecular flexibility index (Phi) is 5.25. The zero-order valence-corrected chi connectivity index (χ0v) is 10.3. The van der Waals surface area contributed by atoms with Crippen molar-refractivity contribution >= 4 is 11.8 Å². The molecule has 0 aliphatic rings. The first kappa shape index (κ1) is 13.5. The highest BCUT2D eigenvalue weighted by molar-refractivity contribution is 8.00. The van der Waals surface area contributed by atoms with Gasteiger partial charge in [0.25, 0.3) is 0 Å². The van der Waals surface area contributed by atoms with Gasteiger partial charge in [0.05, 0.1) is 6.10 Å². The Labute approximate surface area is 99.5 Å². The average molecular weight is 244 g/mol. The van der Waals surface area contributed by atoms with Crippen LogP contribution in [0.2, 0.25) is 0 Å². The van der Waals surface area contributed by atoms with Crippen LogP contribution in [-0.4, -0.2) is 22.1 Å². The molecule has 0 amide bonds. The van der Waals surface area contributed by atoms with Gasteiger partial charge in [0.1, 0.15) is 5.82 Å². The number of halogens is 1. The molecule has 1 aromatic rings. The molecule has 0 heterocycles. The topological polar surface area (TPSA) is 40.5 Å². The second-order valence-electron chi connectivity index (χ2n) is 3.80. The highest BCUT2D eigenvalue weighted by Gasteiger charge is 2.12. The van der Waals surface area contributed by atoms with Crippen LogP contribution < -0.4 is 0 Å². The molecular weight excluding hydrogens is 227 g/mol. The molecule has 1 rings (SSSR count). The van der Waals surface area contributed by atoms with Crippen LogP contribution in [0.25, 0.3) is 0 Å². The lowest BCUT2D eigenvalue weighted by atomic mass is 10.1. The lowest BCUT2D eigenvalue weighted by molar-refractivity contribution is 0.196. The summed E-state index contributed by atoms with van der Waals surface area (Å²) in [4.78, 5) is 0.873. The monoisotopic (exact) mass is 244 g/mol. The van der Waals surface area contributed by atoms with Gasteiger partial charge in [-0.05, 0) is 37.1 Å². The maximum atomic E-state index is 13.0. The predicted molar refractivity (Wildman–Crippen MR) is 64.1 cm³/mol. The quantitative estimate of drug-likeness (QED) is 0.782. The molecule has 0 bridgehead atoms. The molecule has 0 aromatic heterocycles. The molecule has 16 heavy (non-hydrogen) atoms. The van der Waals surface area contributed by atoms with E-state index in [1.54, 1.807) is 24.8 Å². The van der Waals surface area contributed by atoms with Crippen molar-refractivity contribution in [1.82, 2.24) is 0 Å². The highest BCUT2D eigenvalue weighted by atomic mass is 32.2. The van der Waals surface area contributed by atoms with Gasteiger partial charge >= 0.3 is 0 Å². The van der Waals surface area contributed by atoms with Gasteiger partial charge in [-0.1, -0.05) is 6.92 Å². The van der Waals surface area contributed by atoms with Gasteiger partial charge in [0, 0.05) is 16.8 Å². The van der Waals surface area contributed by atoms with Crippen LogP contribution in [0.5, 0.6) is 0 Å². The van der Waals surface area contributed by atoms with Crippen LogP contribution in [0, 0.1) is 5.82 Å². The minimum absolute atomic E-state index is 0.138. The number of rotatable bonds is 5. The molecule has 0 saturated heterocycles. The van der Waals surface area contributed by atoms with Gasteiger partial charge in [0.15, 0.2) is 0 Å². The van der Waals surface area contributed by atoms with Crippen LogP contribution in [0.15, 0.2) is 23.1 Å². The number of thioether (sulfide) groups is 1. The van der Waals surface area contributed by atoms with E-state index in [0.717, 1.165) is 4.90 Å². The second-order valence-corrected chi connectivity index (χ2v) is 5.28. The van der Waals surface area contributed by atoms with Gasteiger partial charge in [-0.15, -0.1) is 11.8 Å². The molecular formula is C12H17FO2S. The first-order chi connectivity index (χ1) is 7.54. The molecule has 4 heteroatoms. The van der Waals surface area contributed by atoms with Crippen LogP contribution in [-0.2, 0) is 0 Å². The van der Waals surface area contributed by atoms with E-state index in [2.05, 4.69) is 0 Å². The summed E-state index contributed by atoms with van der Waals surface area (Å²) in [5.41, 5.74) is 0.606. The van der Waals surface area contributed by atoms with Crippen LogP contribution in [0.3, 0.4) is 0 Å². The van der Waals surface area contributed by atoms with Crippen molar-refractivity contribution in [2.75, 3.05) is 6.61 Å². The van der Waals surface area contributed by atoms with E-state index in [-0.39, 0.29) is 17.7 Å². The van der Waals surface area contributed by atoms with E-state index in [9.17, 15) is 9.50 Å². The predicted octanol–water partition coefficient (Wildman–Crippen LogP) is 2.74. The molecule has 2 N–H and O–H groups in total. The molecule has 0 spiro atoms. The first-order valence-electron chi connectivity index (χ1n) is 5.29. The van der Waals surface area contributed by atoms with Crippen molar-refractivity contribution in [2.24, 2.45) is 0 Å². The third kappa shape index (κ3) is 3.77. The Balaban J connectivity index is 2.86. The molecule has 2 nitrogen and oxygen atoms in total. The SMILES string of the molecule is CC(CCO)Sc1ccc(F)cc1[C@H](C)O. The Morgan fingerprint density at radius 3 is 2.62 bits per heavy atom. The summed E-state index contributed by atoms with van der Waals surface area (Å²) in [6.45, 7) is 3.75. The van der Waals surface area contributed by atoms with Crippen molar-refractivity contribution in [1.29, 1.82) is 0 Å². The molecule has 0 aliphatic heterocycles. The fourth-order valence-corrected chi connectivity index (χ4v) is 2.58. The van der Waals surface area contributed by atoms with E-state index in [0.29, 0.717) is 12.0 Å². The van der Waals surface area contributed by atoms with Gasteiger partial charge < -0.3 is 10.2 Å². The van der Waals surface area contributed by atoms with Gasteiger partial charge in [-0.25, -0.2) is 4.39 Å². The van der Waals surface area contributed by atoms with E-state index in [4.69, 9.17) is 5.11 Å². The lowest BCUT2D eigenvalue weighted by Crippen LogP contribution is -2.02. The molecule has 0 saturated carbocycles. The minimum Gasteiger partial charge on any atom is -0.396 e. The van der Waals surface area contributed by atoms with E-state index < -0.39 is 6.10 Å². The number of hydrogen-bond acceptors (Lipinski definition) is 3. The second kappa shape index (κ2) is 6.23. The van der Waals surface area contributed by atoms with E-state index >= 15 is 0 Å². The Hall–Kier alpha value is -0.580. The van der Waals surface area contributed by atoms with Crippen LogP contribution >= 0.6 is 11.8 Å². The molecule has 1 aromatic carbocycles. The van der Waals surface area contributed by atoms with Crippen molar-refractivity contribution in [3.63, 3.8) is 0 Å². The maximum Gasteiger partial charge on any atom is 0.123 e. The third-order valence-corrected chi connectivity index (χ3v) is 3.55. The van der Waals surface area contributed by atoms with Crippen molar-refractivity contribution in [3.05, 3.63) is 29.6 Å². The van der Waals surface area contributed by atoms with Crippen molar-refractivity contribution in [3.8, 4) is 0 Å². The maximum absolute atomic E-state index is 13.0. The Bertz CT molecular complexity index is 342.